The average molecular weight is 869 g/mol. The Morgan fingerprint density at radius 2 is 0.836 bits per heavy atom. The summed E-state index contributed by atoms with van der Waals surface area (Å²) in [5.74, 6) is 0.707. The topological polar surface area (TPSA) is 25.8 Å². The highest BCUT2D eigenvalue weighted by Gasteiger charge is 2.18. The predicted molar refractivity (Wildman–Crippen MR) is 285 cm³/mol. The lowest BCUT2D eigenvalue weighted by Gasteiger charge is -2.17. The zero-order valence-electron chi connectivity index (χ0n) is 36.4. The lowest BCUT2D eigenvalue weighted by atomic mass is 9.86. The van der Waals surface area contributed by atoms with Crippen LogP contribution in [0.4, 0.5) is 0 Å². The fourth-order valence-corrected chi connectivity index (χ4v) is 11.1. The second-order valence-electron chi connectivity index (χ2n) is 17.2. The third-order valence-corrected chi connectivity index (χ3v) is 14.5. The number of rotatable bonds is 7. The molecule has 312 valence electrons. The molecule has 0 atom stereocenters. The number of thiophene rings is 1. The third-order valence-electron chi connectivity index (χ3n) is 13.3. The van der Waals surface area contributed by atoms with Gasteiger partial charge in [0.2, 0.25) is 0 Å². The molecule has 0 radical (unpaired) electrons. The summed E-state index contributed by atoms with van der Waals surface area (Å²) in [6, 6.07) is 87.8. The number of benzene rings is 11. The number of aromatic nitrogens is 2. The van der Waals surface area contributed by atoms with Crippen LogP contribution in [0.3, 0.4) is 0 Å². The van der Waals surface area contributed by atoms with Crippen LogP contribution in [0.1, 0.15) is 0 Å². The molecule has 0 aliphatic carbocycles. The van der Waals surface area contributed by atoms with E-state index in [1.165, 1.54) is 85.9 Å². The van der Waals surface area contributed by atoms with Crippen molar-refractivity contribution in [1.29, 1.82) is 0 Å². The quantitative estimate of drug-likeness (QED) is 0.118. The van der Waals surface area contributed by atoms with E-state index in [1.807, 2.05) is 29.5 Å². The highest BCUT2D eigenvalue weighted by atomic mass is 32.1. The number of hydrogen-bond acceptors (Lipinski definition) is 3. The molecule has 2 nitrogen and oxygen atoms in total. The van der Waals surface area contributed by atoms with Crippen LogP contribution >= 0.6 is 11.3 Å². The Balaban J connectivity index is 0.853. The molecule has 0 amide bonds. The minimum absolute atomic E-state index is 0.707. The largest absolute Gasteiger partial charge is 0.228 e. The van der Waals surface area contributed by atoms with E-state index in [2.05, 4.69) is 224 Å². The summed E-state index contributed by atoms with van der Waals surface area (Å²) in [7, 11) is 0. The van der Waals surface area contributed by atoms with Gasteiger partial charge in [0.25, 0.3) is 0 Å². The van der Waals surface area contributed by atoms with Crippen molar-refractivity contribution in [2.24, 2.45) is 0 Å². The van der Waals surface area contributed by atoms with Crippen LogP contribution in [-0.4, -0.2) is 9.97 Å². The fourth-order valence-electron chi connectivity index (χ4n) is 10.0. The first-order valence-electron chi connectivity index (χ1n) is 22.8. The highest BCUT2D eigenvalue weighted by Crippen LogP contribution is 2.44. The Morgan fingerprint density at radius 1 is 0.269 bits per heavy atom. The molecule has 11 aromatic carbocycles. The van der Waals surface area contributed by atoms with Gasteiger partial charge >= 0.3 is 0 Å². The summed E-state index contributed by atoms with van der Waals surface area (Å²) in [6.45, 7) is 0. The fraction of sp³-hybridized carbons (Fsp3) is 0. The molecule has 0 aliphatic heterocycles. The van der Waals surface area contributed by atoms with E-state index in [4.69, 9.17) is 9.97 Å². The standard InChI is InChI=1S/C64H40N2S/c1-2-15-46(16-3-1)64-65-59(40-60(66-64)54-23-11-12-24-55(54)62-39-48-18-6-13-25-61(48)67-62)45-32-28-42(29-33-45)41-26-30-44(31-27-41)50-36-37-56(53-22-10-9-21-52(50)53)63-51-20-8-5-17-47(51)38-58-49-19-7-4-14-43(49)34-35-57(58)63/h1-40H. The molecule has 0 bridgehead atoms. The van der Waals surface area contributed by atoms with Gasteiger partial charge in [-0.3, -0.25) is 0 Å². The van der Waals surface area contributed by atoms with E-state index in [0.717, 1.165) is 39.2 Å². The highest BCUT2D eigenvalue weighted by molar-refractivity contribution is 7.22. The number of fused-ring (bicyclic) bond motifs is 6. The molecule has 0 fully saturated rings. The lowest BCUT2D eigenvalue weighted by molar-refractivity contribution is 1.18. The lowest BCUT2D eigenvalue weighted by Crippen LogP contribution is -1.96. The van der Waals surface area contributed by atoms with Crippen LogP contribution < -0.4 is 0 Å². The van der Waals surface area contributed by atoms with Crippen molar-refractivity contribution in [1.82, 2.24) is 9.97 Å². The molecule has 0 saturated heterocycles. The Morgan fingerprint density at radius 3 is 1.60 bits per heavy atom. The molecule has 0 unspecified atom stereocenters. The molecule has 67 heavy (non-hydrogen) atoms. The van der Waals surface area contributed by atoms with Crippen LogP contribution in [0.2, 0.25) is 0 Å². The summed E-state index contributed by atoms with van der Waals surface area (Å²) in [5.41, 5.74) is 13.3. The van der Waals surface area contributed by atoms with Gasteiger partial charge in [-0.2, -0.15) is 0 Å². The van der Waals surface area contributed by atoms with Gasteiger partial charge in [0, 0.05) is 31.8 Å². The Labute approximate surface area is 392 Å². The molecule has 13 rings (SSSR count). The maximum atomic E-state index is 5.20. The van der Waals surface area contributed by atoms with E-state index in [-0.39, 0.29) is 0 Å². The zero-order chi connectivity index (χ0) is 44.3. The summed E-state index contributed by atoms with van der Waals surface area (Å²) in [6.07, 6.45) is 0. The molecule has 0 saturated carbocycles. The van der Waals surface area contributed by atoms with Gasteiger partial charge in [0.05, 0.1) is 11.4 Å². The zero-order valence-corrected chi connectivity index (χ0v) is 37.2. The van der Waals surface area contributed by atoms with Gasteiger partial charge in [0.15, 0.2) is 5.82 Å². The molecule has 0 aliphatic rings. The molecule has 13 aromatic rings. The Bertz CT molecular complexity index is 3980. The van der Waals surface area contributed by atoms with Crippen molar-refractivity contribution in [3.8, 4) is 77.7 Å². The summed E-state index contributed by atoms with van der Waals surface area (Å²) in [5, 5.41) is 11.4. The van der Waals surface area contributed by atoms with Crippen molar-refractivity contribution in [2.75, 3.05) is 0 Å². The maximum absolute atomic E-state index is 5.20. The smallest absolute Gasteiger partial charge is 0.160 e. The molecule has 0 spiro atoms. The van der Waals surface area contributed by atoms with E-state index in [1.54, 1.807) is 0 Å². The second-order valence-corrected chi connectivity index (χ2v) is 18.3. The predicted octanol–water partition coefficient (Wildman–Crippen LogP) is 18.0. The van der Waals surface area contributed by atoms with E-state index in [9.17, 15) is 0 Å². The van der Waals surface area contributed by atoms with Crippen LogP contribution in [-0.2, 0) is 0 Å². The van der Waals surface area contributed by atoms with E-state index < -0.39 is 0 Å². The molecular weight excluding hydrogens is 829 g/mol. The van der Waals surface area contributed by atoms with Crippen LogP contribution in [0.5, 0.6) is 0 Å². The molecular formula is C64H40N2S. The first-order valence-corrected chi connectivity index (χ1v) is 23.6. The van der Waals surface area contributed by atoms with Crippen molar-refractivity contribution >= 4 is 64.5 Å². The van der Waals surface area contributed by atoms with Gasteiger partial charge < -0.3 is 0 Å². The SMILES string of the molecule is c1ccc(-c2nc(-c3ccc(-c4ccc(-c5ccc(-c6c7ccccc7cc7c6ccc6ccccc67)c6ccccc56)cc4)cc3)cc(-c3ccccc3-c3cc4ccccc4s3)n2)cc1. The summed E-state index contributed by atoms with van der Waals surface area (Å²) in [4.78, 5) is 11.6. The third kappa shape index (κ3) is 6.88. The molecule has 2 heterocycles. The van der Waals surface area contributed by atoms with Crippen molar-refractivity contribution < 1.29 is 0 Å². The summed E-state index contributed by atoms with van der Waals surface area (Å²) < 4.78 is 1.28. The minimum atomic E-state index is 0.707. The van der Waals surface area contributed by atoms with E-state index >= 15 is 0 Å². The first kappa shape index (κ1) is 38.9. The average Bonchev–Trinajstić information content (AvgIpc) is 3.85. The maximum Gasteiger partial charge on any atom is 0.160 e. The van der Waals surface area contributed by atoms with Crippen molar-refractivity contribution in [2.45, 2.75) is 0 Å². The Kier molecular flexibility index (Phi) is 9.40. The number of nitrogens with zero attached hydrogens (tertiary/aromatic N) is 2. The van der Waals surface area contributed by atoms with Crippen molar-refractivity contribution in [3.63, 3.8) is 0 Å². The second kappa shape index (κ2) is 16.2. The van der Waals surface area contributed by atoms with Crippen LogP contribution in [0, 0.1) is 0 Å². The van der Waals surface area contributed by atoms with Gasteiger partial charge in [-0.15, -0.1) is 11.3 Å². The molecule has 2 aromatic heterocycles. The molecule has 0 N–H and O–H groups in total. The van der Waals surface area contributed by atoms with E-state index in [0.29, 0.717) is 5.82 Å². The van der Waals surface area contributed by atoms with Gasteiger partial charge in [0.1, 0.15) is 0 Å². The number of hydrogen-bond donors (Lipinski definition) is 0. The monoisotopic (exact) mass is 868 g/mol. The van der Waals surface area contributed by atoms with Gasteiger partial charge in [-0.25, -0.2) is 9.97 Å². The first-order chi connectivity index (χ1) is 33.2. The normalized spacial score (nSPS) is 11.6. The van der Waals surface area contributed by atoms with Gasteiger partial charge in [-0.1, -0.05) is 218 Å². The summed E-state index contributed by atoms with van der Waals surface area (Å²) >= 11 is 1.82. The minimum Gasteiger partial charge on any atom is -0.228 e. The van der Waals surface area contributed by atoms with Crippen LogP contribution in [0.25, 0.3) is 131 Å². The Hall–Kier alpha value is -8.50. The van der Waals surface area contributed by atoms with Crippen LogP contribution in [0.15, 0.2) is 243 Å². The van der Waals surface area contributed by atoms with Crippen molar-refractivity contribution in [3.05, 3.63) is 243 Å². The molecule has 3 heteroatoms. The van der Waals surface area contributed by atoms with Gasteiger partial charge in [-0.05, 0) is 106 Å².